The number of aryl methyl sites for hydroxylation is 1. The minimum atomic E-state index is -0.512. The number of Topliss-reactive ketones (excluding diaryl/α,β-unsaturated/α-hetero) is 1. The lowest BCUT2D eigenvalue weighted by molar-refractivity contribution is 0.0972. The fourth-order valence-electron chi connectivity index (χ4n) is 1.55. The first-order valence-electron chi connectivity index (χ1n) is 5.64. The third kappa shape index (κ3) is 2.93. The van der Waals surface area contributed by atoms with Crippen molar-refractivity contribution in [3.05, 3.63) is 32.6 Å². The van der Waals surface area contributed by atoms with Gasteiger partial charge in [0.25, 0.3) is 5.56 Å². The van der Waals surface area contributed by atoms with Crippen LogP contribution in [0.25, 0.3) is 0 Å². The van der Waals surface area contributed by atoms with E-state index in [1.165, 1.54) is 24.9 Å². The first-order valence-corrected chi connectivity index (χ1v) is 5.64. The average Bonchev–Trinajstić information content (AvgIpc) is 2.28. The van der Waals surface area contributed by atoms with Crippen LogP contribution in [-0.2, 0) is 14.1 Å². The Bertz CT molecular complexity index is 538. The van der Waals surface area contributed by atoms with Crippen LogP contribution in [0.1, 0.15) is 37.0 Å². The molecule has 0 aliphatic rings. The lowest BCUT2D eigenvalue weighted by Crippen LogP contribution is -2.39. The molecule has 0 bridgehead atoms. The van der Waals surface area contributed by atoms with E-state index in [4.69, 9.17) is 0 Å². The molecule has 0 unspecified atom stereocenters. The van der Waals surface area contributed by atoms with E-state index in [9.17, 15) is 14.4 Å². The molecular formula is C12H18N2O3. The van der Waals surface area contributed by atoms with Gasteiger partial charge in [0, 0.05) is 26.7 Å². The summed E-state index contributed by atoms with van der Waals surface area (Å²) in [5.74, 6) is 0.213. The molecule has 94 valence electrons. The Morgan fingerprint density at radius 1 is 1.29 bits per heavy atom. The molecular weight excluding hydrogens is 220 g/mol. The first-order chi connectivity index (χ1) is 7.84. The maximum atomic E-state index is 11.9. The summed E-state index contributed by atoms with van der Waals surface area (Å²) in [7, 11) is 2.91. The molecule has 0 aromatic carbocycles. The minimum Gasteiger partial charge on any atom is -0.303 e. The van der Waals surface area contributed by atoms with Gasteiger partial charge in [0.15, 0.2) is 5.78 Å². The number of aromatic nitrogens is 2. The Kier molecular flexibility index (Phi) is 4.04. The van der Waals surface area contributed by atoms with Crippen LogP contribution in [-0.4, -0.2) is 14.9 Å². The molecule has 0 atom stereocenters. The van der Waals surface area contributed by atoms with Crippen molar-refractivity contribution in [1.82, 2.24) is 9.13 Å². The Morgan fingerprint density at radius 2 is 1.88 bits per heavy atom. The smallest absolute Gasteiger partial charge is 0.303 e. The van der Waals surface area contributed by atoms with Crippen LogP contribution in [0.2, 0.25) is 0 Å². The number of ketones is 1. The largest absolute Gasteiger partial charge is 0.330 e. The van der Waals surface area contributed by atoms with Crippen LogP contribution in [0.4, 0.5) is 0 Å². The normalized spacial score (nSPS) is 10.9. The van der Waals surface area contributed by atoms with Gasteiger partial charge in [0.2, 0.25) is 0 Å². The van der Waals surface area contributed by atoms with Gasteiger partial charge < -0.3 is 4.57 Å². The standard InChI is InChI=1S/C12H18N2O3/c1-8(2)5-6-10(15)9-7-13(3)12(17)14(4)11(9)16/h7-8H,5-6H2,1-4H3. The van der Waals surface area contributed by atoms with Crippen molar-refractivity contribution in [2.24, 2.45) is 20.0 Å². The van der Waals surface area contributed by atoms with Crippen LogP contribution >= 0.6 is 0 Å². The average molecular weight is 238 g/mol. The summed E-state index contributed by atoms with van der Waals surface area (Å²) >= 11 is 0. The molecule has 0 N–H and O–H groups in total. The molecule has 0 saturated heterocycles. The van der Waals surface area contributed by atoms with E-state index < -0.39 is 11.2 Å². The van der Waals surface area contributed by atoms with E-state index >= 15 is 0 Å². The van der Waals surface area contributed by atoms with E-state index in [0.717, 1.165) is 11.0 Å². The summed E-state index contributed by atoms with van der Waals surface area (Å²) in [6, 6.07) is 0. The lowest BCUT2D eigenvalue weighted by atomic mass is 10.0. The maximum Gasteiger partial charge on any atom is 0.330 e. The van der Waals surface area contributed by atoms with Gasteiger partial charge in [-0.2, -0.15) is 0 Å². The van der Waals surface area contributed by atoms with Crippen molar-refractivity contribution in [2.45, 2.75) is 26.7 Å². The molecule has 0 amide bonds. The van der Waals surface area contributed by atoms with Crippen molar-refractivity contribution in [3.8, 4) is 0 Å². The second kappa shape index (κ2) is 5.12. The van der Waals surface area contributed by atoms with Gasteiger partial charge in [-0.25, -0.2) is 4.79 Å². The van der Waals surface area contributed by atoms with Gasteiger partial charge in [-0.3, -0.25) is 14.2 Å². The number of carbonyl (C=O) groups excluding carboxylic acids is 1. The van der Waals surface area contributed by atoms with Crippen molar-refractivity contribution in [3.63, 3.8) is 0 Å². The Morgan fingerprint density at radius 3 is 2.41 bits per heavy atom. The fourth-order valence-corrected chi connectivity index (χ4v) is 1.55. The lowest BCUT2D eigenvalue weighted by Gasteiger charge is -2.07. The van der Waals surface area contributed by atoms with Crippen molar-refractivity contribution < 1.29 is 4.79 Å². The number of hydrogen-bond acceptors (Lipinski definition) is 3. The van der Waals surface area contributed by atoms with Gasteiger partial charge in [-0.1, -0.05) is 13.8 Å². The second-order valence-electron chi connectivity index (χ2n) is 4.66. The third-order valence-electron chi connectivity index (χ3n) is 2.70. The van der Waals surface area contributed by atoms with Gasteiger partial charge in [0.05, 0.1) is 5.56 Å². The summed E-state index contributed by atoms with van der Waals surface area (Å²) in [6.07, 6.45) is 2.41. The Hall–Kier alpha value is -1.65. The molecule has 5 nitrogen and oxygen atoms in total. The third-order valence-corrected chi connectivity index (χ3v) is 2.70. The fraction of sp³-hybridized carbons (Fsp3) is 0.583. The zero-order chi connectivity index (χ0) is 13.2. The van der Waals surface area contributed by atoms with E-state index in [0.29, 0.717) is 12.3 Å². The molecule has 1 rings (SSSR count). The van der Waals surface area contributed by atoms with Gasteiger partial charge in [-0.05, 0) is 12.3 Å². The van der Waals surface area contributed by atoms with Crippen molar-refractivity contribution in [1.29, 1.82) is 0 Å². The summed E-state index contributed by atoms with van der Waals surface area (Å²) < 4.78 is 2.21. The predicted molar refractivity (Wildman–Crippen MR) is 65.3 cm³/mol. The molecule has 17 heavy (non-hydrogen) atoms. The second-order valence-corrected chi connectivity index (χ2v) is 4.66. The predicted octanol–water partition coefficient (Wildman–Crippen LogP) is 0.703. The van der Waals surface area contributed by atoms with E-state index in [2.05, 4.69) is 0 Å². The van der Waals surface area contributed by atoms with Crippen molar-refractivity contribution >= 4 is 5.78 Å². The molecule has 5 heteroatoms. The van der Waals surface area contributed by atoms with Crippen LogP contribution in [0.15, 0.2) is 15.8 Å². The van der Waals surface area contributed by atoms with Gasteiger partial charge in [0.1, 0.15) is 0 Å². The highest BCUT2D eigenvalue weighted by atomic mass is 16.2. The van der Waals surface area contributed by atoms with E-state index in [-0.39, 0.29) is 11.3 Å². The molecule has 0 saturated carbocycles. The quantitative estimate of drug-likeness (QED) is 0.725. The maximum absolute atomic E-state index is 11.9. The highest BCUT2D eigenvalue weighted by molar-refractivity contribution is 5.95. The SMILES string of the molecule is CC(C)CCC(=O)c1cn(C)c(=O)n(C)c1=O. The van der Waals surface area contributed by atoms with Crippen LogP contribution in [0, 0.1) is 5.92 Å². The Labute approximate surface area is 99.7 Å². The highest BCUT2D eigenvalue weighted by Gasteiger charge is 2.14. The summed E-state index contributed by atoms with van der Waals surface area (Å²) in [5.41, 5.74) is -0.840. The molecule has 0 aliphatic carbocycles. The number of carbonyl (C=O) groups is 1. The van der Waals surface area contributed by atoms with Crippen LogP contribution in [0.5, 0.6) is 0 Å². The topological polar surface area (TPSA) is 61.1 Å². The summed E-state index contributed by atoms with van der Waals surface area (Å²) in [4.78, 5) is 35.1. The monoisotopic (exact) mass is 238 g/mol. The minimum absolute atomic E-state index is 0.0928. The van der Waals surface area contributed by atoms with Crippen molar-refractivity contribution in [2.75, 3.05) is 0 Å². The number of rotatable bonds is 4. The molecule has 1 heterocycles. The zero-order valence-corrected chi connectivity index (χ0v) is 10.7. The van der Waals surface area contributed by atoms with Gasteiger partial charge >= 0.3 is 5.69 Å². The molecule has 1 aromatic heterocycles. The number of nitrogens with zero attached hydrogens (tertiary/aromatic N) is 2. The molecule has 0 fully saturated rings. The summed E-state index contributed by atoms with van der Waals surface area (Å²) in [5, 5.41) is 0. The molecule has 0 aliphatic heterocycles. The highest BCUT2D eigenvalue weighted by Crippen LogP contribution is 2.06. The first kappa shape index (κ1) is 13.4. The van der Waals surface area contributed by atoms with Crippen LogP contribution in [0.3, 0.4) is 0 Å². The van der Waals surface area contributed by atoms with Crippen LogP contribution < -0.4 is 11.2 Å². The Balaban J connectivity index is 3.12. The van der Waals surface area contributed by atoms with E-state index in [1.807, 2.05) is 13.8 Å². The van der Waals surface area contributed by atoms with E-state index in [1.54, 1.807) is 0 Å². The summed E-state index contributed by atoms with van der Waals surface area (Å²) in [6.45, 7) is 4.04. The molecule has 1 aromatic rings. The molecule has 0 radical (unpaired) electrons. The zero-order valence-electron chi connectivity index (χ0n) is 10.7. The number of hydrogen-bond donors (Lipinski definition) is 0. The van der Waals surface area contributed by atoms with Gasteiger partial charge in [-0.15, -0.1) is 0 Å². The molecule has 0 spiro atoms.